The van der Waals surface area contributed by atoms with Crippen molar-refractivity contribution in [2.75, 3.05) is 37.7 Å². The van der Waals surface area contributed by atoms with E-state index >= 15 is 0 Å². The standard InChI is InChI=1S/C22H24F3N3O4S/c1-31-14-17-4-2-3-9-27(17)21(29)15-12-19-20(26-13-15)32-11-10-28(19)33(30)18-7-5-16(6-8-18)22(23,24)25/h5-8,12-13,17H,2-4,9-11,14H2,1H3. The first-order chi connectivity index (χ1) is 15.8. The maximum Gasteiger partial charge on any atom is 0.416 e. The first-order valence-electron chi connectivity index (χ1n) is 10.6. The molecule has 33 heavy (non-hydrogen) atoms. The molecule has 2 atom stereocenters. The van der Waals surface area contributed by atoms with E-state index in [-0.39, 0.29) is 35.9 Å². The minimum Gasteiger partial charge on any atom is -0.588 e. The lowest BCUT2D eigenvalue weighted by Crippen LogP contribution is -2.46. The number of hydrogen-bond donors (Lipinski definition) is 0. The number of likely N-dealkylation sites (tertiary alicyclic amines) is 1. The molecule has 0 spiro atoms. The van der Waals surface area contributed by atoms with Crippen molar-refractivity contribution in [1.82, 2.24) is 9.88 Å². The van der Waals surface area contributed by atoms with E-state index in [1.807, 2.05) is 0 Å². The zero-order chi connectivity index (χ0) is 23.6. The second-order valence-electron chi connectivity index (χ2n) is 7.87. The van der Waals surface area contributed by atoms with Crippen molar-refractivity contribution in [3.05, 3.63) is 47.7 Å². The van der Waals surface area contributed by atoms with Crippen LogP contribution in [0.3, 0.4) is 0 Å². The Morgan fingerprint density at radius 1 is 1.27 bits per heavy atom. The Kier molecular flexibility index (Phi) is 7.01. The van der Waals surface area contributed by atoms with Gasteiger partial charge < -0.3 is 18.9 Å². The summed E-state index contributed by atoms with van der Waals surface area (Å²) in [7, 11) is 1.60. The number of halogens is 3. The van der Waals surface area contributed by atoms with Gasteiger partial charge in [0, 0.05) is 19.9 Å². The first-order valence-corrected chi connectivity index (χ1v) is 11.7. The molecule has 0 bridgehead atoms. The number of fused-ring (bicyclic) bond motifs is 1. The van der Waals surface area contributed by atoms with Crippen LogP contribution in [-0.4, -0.2) is 59.8 Å². The molecule has 0 aliphatic carbocycles. The van der Waals surface area contributed by atoms with Gasteiger partial charge in [-0.25, -0.2) is 4.98 Å². The summed E-state index contributed by atoms with van der Waals surface area (Å²) in [5.74, 6) is 0.0306. The quantitative estimate of drug-likeness (QED) is 0.604. The topological polar surface area (TPSA) is 78.0 Å². The molecule has 7 nitrogen and oxygen atoms in total. The Hall–Kier alpha value is -2.50. The molecule has 178 valence electrons. The van der Waals surface area contributed by atoms with E-state index in [2.05, 4.69) is 4.98 Å². The van der Waals surface area contributed by atoms with Crippen molar-refractivity contribution in [2.24, 2.45) is 0 Å². The minimum atomic E-state index is -4.47. The summed E-state index contributed by atoms with van der Waals surface area (Å²) in [6.07, 6.45) is -0.263. The number of aromatic nitrogens is 1. The summed E-state index contributed by atoms with van der Waals surface area (Å²) >= 11 is -1.80. The van der Waals surface area contributed by atoms with E-state index < -0.39 is 23.1 Å². The monoisotopic (exact) mass is 483 g/mol. The van der Waals surface area contributed by atoms with Gasteiger partial charge in [0.1, 0.15) is 30.2 Å². The maximum absolute atomic E-state index is 13.2. The van der Waals surface area contributed by atoms with Crippen molar-refractivity contribution in [2.45, 2.75) is 36.4 Å². The van der Waals surface area contributed by atoms with Gasteiger partial charge in [-0.15, -0.1) is 0 Å². The number of carbonyl (C=O) groups excluding carboxylic acids is 1. The van der Waals surface area contributed by atoms with Gasteiger partial charge in [0.25, 0.3) is 5.91 Å². The summed E-state index contributed by atoms with van der Waals surface area (Å²) in [5, 5.41) is 0. The Labute approximate surface area is 192 Å². The first kappa shape index (κ1) is 23.7. The molecule has 0 radical (unpaired) electrons. The van der Waals surface area contributed by atoms with Gasteiger partial charge in [-0.2, -0.15) is 17.5 Å². The summed E-state index contributed by atoms with van der Waals surface area (Å²) in [4.78, 5) is 19.5. The maximum atomic E-state index is 13.2. The van der Waals surface area contributed by atoms with E-state index in [4.69, 9.17) is 9.47 Å². The van der Waals surface area contributed by atoms with Gasteiger partial charge >= 0.3 is 6.18 Å². The van der Waals surface area contributed by atoms with Crippen LogP contribution in [0.5, 0.6) is 5.88 Å². The van der Waals surface area contributed by atoms with E-state index in [1.165, 1.54) is 22.6 Å². The second-order valence-corrected chi connectivity index (χ2v) is 9.28. The predicted octanol–water partition coefficient (Wildman–Crippen LogP) is 3.66. The SMILES string of the molecule is COCC1CCCCN1C(=O)c1cnc2c(c1)N([S+]([O-])c1ccc(C(F)(F)F)cc1)CCO2. The molecule has 1 aromatic carbocycles. The van der Waals surface area contributed by atoms with Gasteiger partial charge in [-0.1, -0.05) is 0 Å². The lowest BCUT2D eigenvalue weighted by molar-refractivity contribution is -0.137. The Morgan fingerprint density at radius 2 is 2.03 bits per heavy atom. The van der Waals surface area contributed by atoms with Crippen molar-refractivity contribution < 1.29 is 32.0 Å². The lowest BCUT2D eigenvalue weighted by atomic mass is 10.0. The van der Waals surface area contributed by atoms with Crippen molar-refractivity contribution >= 4 is 23.0 Å². The largest absolute Gasteiger partial charge is 0.588 e. The van der Waals surface area contributed by atoms with Crippen LogP contribution in [0, 0.1) is 0 Å². The molecule has 0 saturated carbocycles. The van der Waals surface area contributed by atoms with Gasteiger partial charge in [0.05, 0.1) is 23.8 Å². The van der Waals surface area contributed by atoms with Crippen LogP contribution >= 0.6 is 0 Å². The number of rotatable bonds is 5. The summed E-state index contributed by atoms with van der Waals surface area (Å²) in [6, 6.07) is 5.75. The smallest absolute Gasteiger partial charge is 0.416 e. The molecule has 3 heterocycles. The zero-order valence-electron chi connectivity index (χ0n) is 18.0. The average Bonchev–Trinajstić information content (AvgIpc) is 2.82. The number of piperidine rings is 1. The summed E-state index contributed by atoms with van der Waals surface area (Å²) in [6.45, 7) is 1.50. The molecule has 0 N–H and O–H groups in total. The number of amides is 1. The predicted molar refractivity (Wildman–Crippen MR) is 115 cm³/mol. The number of carbonyl (C=O) groups is 1. The highest BCUT2D eigenvalue weighted by atomic mass is 32.2. The highest BCUT2D eigenvalue weighted by Gasteiger charge is 2.35. The highest BCUT2D eigenvalue weighted by molar-refractivity contribution is 7.92. The fourth-order valence-electron chi connectivity index (χ4n) is 4.05. The molecule has 2 aliphatic rings. The van der Waals surface area contributed by atoms with E-state index in [1.54, 1.807) is 18.1 Å². The fraction of sp³-hybridized carbons (Fsp3) is 0.455. The van der Waals surface area contributed by atoms with Crippen LogP contribution in [0.1, 0.15) is 35.2 Å². The molecule has 1 amide bonds. The number of nitrogens with zero attached hydrogens (tertiary/aromatic N) is 3. The Morgan fingerprint density at radius 3 is 2.73 bits per heavy atom. The van der Waals surface area contributed by atoms with E-state index in [0.717, 1.165) is 31.4 Å². The third-order valence-electron chi connectivity index (χ3n) is 5.71. The summed E-state index contributed by atoms with van der Waals surface area (Å²) < 4.78 is 64.1. The van der Waals surface area contributed by atoms with Crippen molar-refractivity contribution in [3.63, 3.8) is 0 Å². The molecule has 11 heteroatoms. The molecule has 1 aromatic heterocycles. The molecule has 1 fully saturated rings. The highest BCUT2D eigenvalue weighted by Crippen LogP contribution is 2.36. The normalized spacial score (nSPS) is 19.6. The summed E-state index contributed by atoms with van der Waals surface area (Å²) in [5.41, 5.74) is -0.116. The van der Waals surface area contributed by atoms with Crippen LogP contribution < -0.4 is 9.04 Å². The Balaban J connectivity index is 1.59. The number of ether oxygens (including phenoxy) is 2. The van der Waals surface area contributed by atoms with Crippen LogP contribution in [0.2, 0.25) is 0 Å². The molecule has 2 unspecified atom stereocenters. The zero-order valence-corrected chi connectivity index (χ0v) is 18.8. The molecular formula is C22H24F3N3O4S. The van der Waals surface area contributed by atoms with Crippen LogP contribution in [-0.2, 0) is 22.3 Å². The number of anilines is 1. The number of pyridine rings is 1. The lowest BCUT2D eigenvalue weighted by Gasteiger charge is -2.35. The molecule has 2 aromatic rings. The van der Waals surface area contributed by atoms with Crippen LogP contribution in [0.25, 0.3) is 0 Å². The fourth-order valence-corrected chi connectivity index (χ4v) is 5.23. The molecule has 1 saturated heterocycles. The third kappa shape index (κ3) is 5.04. The molecule has 2 aliphatic heterocycles. The van der Waals surface area contributed by atoms with Crippen molar-refractivity contribution in [3.8, 4) is 5.88 Å². The number of methoxy groups -OCH3 is 1. The molecule has 4 rings (SSSR count). The van der Waals surface area contributed by atoms with Gasteiger partial charge in [-0.05, 0) is 49.6 Å². The second kappa shape index (κ2) is 9.78. The van der Waals surface area contributed by atoms with Crippen LogP contribution in [0.4, 0.5) is 18.9 Å². The van der Waals surface area contributed by atoms with Gasteiger partial charge in [0.2, 0.25) is 5.88 Å². The van der Waals surface area contributed by atoms with Gasteiger partial charge in [0.15, 0.2) is 4.90 Å². The number of alkyl halides is 3. The van der Waals surface area contributed by atoms with E-state index in [0.29, 0.717) is 24.4 Å². The van der Waals surface area contributed by atoms with Gasteiger partial charge in [-0.3, -0.25) is 4.79 Å². The minimum absolute atomic E-state index is 0.0269. The molecular weight excluding hydrogens is 459 g/mol. The average molecular weight is 484 g/mol. The van der Waals surface area contributed by atoms with Crippen LogP contribution in [0.15, 0.2) is 41.4 Å². The van der Waals surface area contributed by atoms with E-state index in [9.17, 15) is 22.5 Å². The third-order valence-corrected chi connectivity index (χ3v) is 7.17. The van der Waals surface area contributed by atoms with Crippen molar-refractivity contribution in [1.29, 1.82) is 0 Å². The number of benzene rings is 1. The number of hydrogen-bond acceptors (Lipinski definition) is 6. The Bertz CT molecular complexity index is 988.